The second-order valence-corrected chi connectivity index (χ2v) is 9.30. The molecule has 0 spiro atoms. The minimum atomic E-state index is 0.0400. The molecule has 2 aromatic rings. The van der Waals surface area contributed by atoms with Crippen molar-refractivity contribution >= 4 is 11.7 Å². The van der Waals surface area contributed by atoms with Gasteiger partial charge in [-0.25, -0.2) is 4.98 Å². The van der Waals surface area contributed by atoms with Gasteiger partial charge in [-0.05, 0) is 43.4 Å². The molecule has 2 heterocycles. The molecule has 4 rings (SSSR count). The number of nitrogens with zero attached hydrogens (tertiary/aromatic N) is 4. The lowest BCUT2D eigenvalue weighted by Gasteiger charge is -2.41. The maximum atomic E-state index is 12.6. The van der Waals surface area contributed by atoms with E-state index in [9.17, 15) is 10.1 Å². The summed E-state index contributed by atoms with van der Waals surface area (Å²) in [6.45, 7) is 6.99. The summed E-state index contributed by atoms with van der Waals surface area (Å²) in [7, 11) is 3.31. The van der Waals surface area contributed by atoms with Gasteiger partial charge in [0.15, 0.2) is 0 Å². The van der Waals surface area contributed by atoms with E-state index >= 15 is 0 Å². The van der Waals surface area contributed by atoms with Gasteiger partial charge >= 0.3 is 0 Å². The standard InChI is InChI=1S/C27H34N4O3/c1-18-16-30(12-13-31(18)24(32)11-14-33-3)27-23(15-28)19(2)25(26(29-27)20-9-10-20)22-8-6-5-7-21(22)17-34-4/h5-8,18,20H,9-14,16-17H2,1-4H3/t18-/m1/s1. The zero-order valence-electron chi connectivity index (χ0n) is 20.6. The van der Waals surface area contributed by atoms with Crippen LogP contribution in [0.2, 0.25) is 0 Å². The van der Waals surface area contributed by atoms with Crippen LogP contribution in [0.3, 0.4) is 0 Å². The molecule has 0 radical (unpaired) electrons. The van der Waals surface area contributed by atoms with E-state index in [-0.39, 0.29) is 11.9 Å². The van der Waals surface area contributed by atoms with Gasteiger partial charge in [0, 0.05) is 51.4 Å². The van der Waals surface area contributed by atoms with E-state index < -0.39 is 0 Å². The minimum Gasteiger partial charge on any atom is -0.384 e. The third kappa shape index (κ3) is 4.79. The number of rotatable bonds is 8. The predicted molar refractivity (Wildman–Crippen MR) is 132 cm³/mol. The van der Waals surface area contributed by atoms with Crippen molar-refractivity contribution in [3.05, 3.63) is 46.6 Å². The maximum absolute atomic E-state index is 12.6. The fourth-order valence-corrected chi connectivity index (χ4v) is 4.96. The number of ether oxygens (including phenoxy) is 2. The first kappa shape index (κ1) is 24.2. The summed E-state index contributed by atoms with van der Waals surface area (Å²) in [6, 6.07) is 10.7. The molecule has 1 saturated heterocycles. The topological polar surface area (TPSA) is 78.7 Å². The minimum absolute atomic E-state index is 0.0400. The van der Waals surface area contributed by atoms with E-state index in [4.69, 9.17) is 14.5 Å². The van der Waals surface area contributed by atoms with E-state index in [1.165, 1.54) is 0 Å². The van der Waals surface area contributed by atoms with Crippen LogP contribution in [-0.4, -0.2) is 62.3 Å². The van der Waals surface area contributed by atoms with Gasteiger partial charge in [-0.2, -0.15) is 5.26 Å². The van der Waals surface area contributed by atoms with Crippen LogP contribution < -0.4 is 4.90 Å². The third-order valence-electron chi connectivity index (χ3n) is 6.89. The molecule has 1 amide bonds. The van der Waals surface area contributed by atoms with E-state index in [0.717, 1.165) is 46.6 Å². The molecule has 1 aliphatic carbocycles. The molecule has 7 heteroatoms. The summed E-state index contributed by atoms with van der Waals surface area (Å²) in [5, 5.41) is 10.2. The second kappa shape index (κ2) is 10.5. The largest absolute Gasteiger partial charge is 0.384 e. The molecule has 34 heavy (non-hydrogen) atoms. The Hall–Kier alpha value is -2.95. The fraction of sp³-hybridized carbons (Fsp3) is 0.519. The molecule has 180 valence electrons. The molecule has 2 aliphatic rings. The molecule has 2 fully saturated rings. The smallest absolute Gasteiger partial charge is 0.225 e. The number of amides is 1. The van der Waals surface area contributed by atoms with Crippen molar-refractivity contribution < 1.29 is 14.3 Å². The van der Waals surface area contributed by atoms with Crippen LogP contribution in [0.5, 0.6) is 0 Å². The lowest BCUT2D eigenvalue weighted by atomic mass is 9.90. The Kier molecular flexibility index (Phi) is 7.50. The molecule has 1 aliphatic heterocycles. The quantitative estimate of drug-likeness (QED) is 0.590. The molecule has 1 aromatic carbocycles. The van der Waals surface area contributed by atoms with Gasteiger partial charge < -0.3 is 19.3 Å². The van der Waals surface area contributed by atoms with Crippen molar-refractivity contribution in [1.29, 1.82) is 5.26 Å². The van der Waals surface area contributed by atoms with E-state index in [1.807, 2.05) is 24.0 Å². The summed E-state index contributed by atoms with van der Waals surface area (Å²) in [5.74, 6) is 1.29. The van der Waals surface area contributed by atoms with Gasteiger partial charge in [-0.3, -0.25) is 4.79 Å². The average Bonchev–Trinajstić information content (AvgIpc) is 3.68. The van der Waals surface area contributed by atoms with Crippen LogP contribution in [0.4, 0.5) is 5.82 Å². The predicted octanol–water partition coefficient (Wildman–Crippen LogP) is 4.03. The highest BCUT2D eigenvalue weighted by Crippen LogP contribution is 2.47. The van der Waals surface area contributed by atoms with Crippen molar-refractivity contribution in [3.63, 3.8) is 0 Å². The number of benzene rings is 1. The summed E-state index contributed by atoms with van der Waals surface area (Å²) < 4.78 is 10.5. The average molecular weight is 463 g/mol. The van der Waals surface area contributed by atoms with Crippen molar-refractivity contribution in [2.45, 2.75) is 51.7 Å². The monoisotopic (exact) mass is 462 g/mol. The van der Waals surface area contributed by atoms with Crippen LogP contribution >= 0.6 is 0 Å². The van der Waals surface area contributed by atoms with E-state index in [0.29, 0.717) is 50.8 Å². The number of nitriles is 1. The van der Waals surface area contributed by atoms with Crippen LogP contribution in [-0.2, 0) is 20.9 Å². The molecule has 1 aromatic heterocycles. The normalized spacial score (nSPS) is 18.1. The fourth-order valence-electron chi connectivity index (χ4n) is 4.96. The Morgan fingerprint density at radius 3 is 2.62 bits per heavy atom. The number of methoxy groups -OCH3 is 2. The molecular formula is C27H34N4O3. The SMILES string of the molecule is COCCC(=O)N1CCN(c2nc(C3CC3)c(-c3ccccc3COC)c(C)c2C#N)C[C@H]1C. The van der Waals surface area contributed by atoms with Crippen LogP contribution in [0, 0.1) is 18.3 Å². The number of hydrogen-bond donors (Lipinski definition) is 0. The lowest BCUT2D eigenvalue weighted by molar-refractivity contribution is -0.134. The number of carbonyl (C=O) groups excluding carboxylic acids is 1. The van der Waals surface area contributed by atoms with Crippen molar-refractivity contribution in [3.8, 4) is 17.2 Å². The highest BCUT2D eigenvalue weighted by molar-refractivity contribution is 5.79. The van der Waals surface area contributed by atoms with Gasteiger partial charge in [0.2, 0.25) is 5.91 Å². The van der Waals surface area contributed by atoms with Crippen LogP contribution in [0.1, 0.15) is 54.5 Å². The number of pyridine rings is 1. The molecule has 1 atom stereocenters. The van der Waals surface area contributed by atoms with Gasteiger partial charge in [-0.1, -0.05) is 24.3 Å². The van der Waals surface area contributed by atoms with Crippen LogP contribution in [0.15, 0.2) is 24.3 Å². The van der Waals surface area contributed by atoms with E-state index in [1.54, 1.807) is 14.2 Å². The number of hydrogen-bond acceptors (Lipinski definition) is 6. The van der Waals surface area contributed by atoms with Crippen LogP contribution in [0.25, 0.3) is 11.1 Å². The summed E-state index contributed by atoms with van der Waals surface area (Å²) in [5.41, 5.74) is 5.96. The van der Waals surface area contributed by atoms with Gasteiger partial charge in [-0.15, -0.1) is 0 Å². The van der Waals surface area contributed by atoms with Crippen molar-refractivity contribution in [2.24, 2.45) is 0 Å². The highest BCUT2D eigenvalue weighted by atomic mass is 16.5. The highest BCUT2D eigenvalue weighted by Gasteiger charge is 2.34. The first-order chi connectivity index (χ1) is 16.5. The first-order valence-corrected chi connectivity index (χ1v) is 12.0. The van der Waals surface area contributed by atoms with Gasteiger partial charge in [0.25, 0.3) is 0 Å². The number of carbonyl (C=O) groups is 1. The lowest BCUT2D eigenvalue weighted by Crippen LogP contribution is -2.54. The zero-order valence-corrected chi connectivity index (χ0v) is 20.6. The number of anilines is 1. The zero-order chi connectivity index (χ0) is 24.2. The number of piperazine rings is 1. The third-order valence-corrected chi connectivity index (χ3v) is 6.89. The van der Waals surface area contributed by atoms with Crippen molar-refractivity contribution in [1.82, 2.24) is 9.88 Å². The maximum Gasteiger partial charge on any atom is 0.225 e. The van der Waals surface area contributed by atoms with Crippen molar-refractivity contribution in [2.75, 3.05) is 45.4 Å². The molecule has 1 saturated carbocycles. The Morgan fingerprint density at radius 1 is 1.21 bits per heavy atom. The van der Waals surface area contributed by atoms with E-state index in [2.05, 4.69) is 30.0 Å². The molecule has 0 bridgehead atoms. The molecule has 0 N–H and O–H groups in total. The first-order valence-electron chi connectivity index (χ1n) is 12.0. The molecule has 0 unspecified atom stereocenters. The second-order valence-electron chi connectivity index (χ2n) is 9.30. The Bertz CT molecular complexity index is 1090. The summed E-state index contributed by atoms with van der Waals surface area (Å²) in [4.78, 5) is 21.8. The summed E-state index contributed by atoms with van der Waals surface area (Å²) in [6.07, 6.45) is 2.63. The Morgan fingerprint density at radius 2 is 1.97 bits per heavy atom. The van der Waals surface area contributed by atoms with Gasteiger partial charge in [0.1, 0.15) is 11.9 Å². The van der Waals surface area contributed by atoms with Gasteiger partial charge in [0.05, 0.1) is 30.9 Å². The molecular weight excluding hydrogens is 428 g/mol. The molecule has 7 nitrogen and oxygen atoms in total. The Labute approximate surface area is 202 Å². The number of aromatic nitrogens is 1. The summed E-state index contributed by atoms with van der Waals surface area (Å²) >= 11 is 0. The Balaban J connectivity index is 1.71.